The number of carbonyl (C=O) groups is 1. The molecule has 1 aliphatic rings. The summed E-state index contributed by atoms with van der Waals surface area (Å²) in [5.74, 6) is 0.922. The molecule has 6 rings (SSSR count). The normalized spacial score (nSPS) is 14.6. The van der Waals surface area contributed by atoms with Gasteiger partial charge in [0.2, 0.25) is 0 Å². The van der Waals surface area contributed by atoms with Crippen LogP contribution in [0.3, 0.4) is 0 Å². The zero-order chi connectivity index (χ0) is 24.1. The molecule has 0 fully saturated rings. The molecule has 1 aliphatic heterocycles. The van der Waals surface area contributed by atoms with E-state index in [1.165, 1.54) is 5.39 Å². The molecule has 0 spiro atoms. The molecule has 1 amide bonds. The van der Waals surface area contributed by atoms with Gasteiger partial charge in [0.15, 0.2) is 5.82 Å². The Labute approximate surface area is 203 Å². The van der Waals surface area contributed by atoms with Gasteiger partial charge in [-0.15, -0.1) is 0 Å². The number of aromatic nitrogens is 4. The molecule has 5 aromatic rings. The topological polar surface area (TPSA) is 82.0 Å². The minimum Gasteiger partial charge on any atom is -0.337 e. The number of aryl methyl sites for hydroxylation is 1. The summed E-state index contributed by atoms with van der Waals surface area (Å²) < 4.78 is 4.44. The van der Waals surface area contributed by atoms with Gasteiger partial charge in [0.05, 0.1) is 16.7 Å². The third-order valence-corrected chi connectivity index (χ3v) is 6.89. The number of pyridine rings is 1. The lowest BCUT2D eigenvalue weighted by Gasteiger charge is -2.29. The number of rotatable bonds is 5. The summed E-state index contributed by atoms with van der Waals surface area (Å²) >= 11 is 0. The molecule has 0 saturated carbocycles. The molecule has 4 heterocycles. The lowest BCUT2D eigenvalue weighted by molar-refractivity contribution is 0.0732. The van der Waals surface area contributed by atoms with Crippen molar-refractivity contribution in [2.24, 2.45) is 12.8 Å². The van der Waals surface area contributed by atoms with Gasteiger partial charge in [0, 0.05) is 61.6 Å². The first-order valence-corrected chi connectivity index (χ1v) is 12.0. The minimum atomic E-state index is -0.0487. The van der Waals surface area contributed by atoms with Gasteiger partial charge in [-0.2, -0.15) is 0 Å². The zero-order valence-corrected chi connectivity index (χ0v) is 20.0. The fourth-order valence-electron chi connectivity index (χ4n) is 5.21. The summed E-state index contributed by atoms with van der Waals surface area (Å²) in [6.45, 7) is 3.89. The number of amides is 1. The molecular weight excluding hydrogens is 436 g/mol. The third kappa shape index (κ3) is 3.68. The van der Waals surface area contributed by atoms with Crippen LogP contribution < -0.4 is 5.73 Å². The number of nitrogens with zero attached hydrogens (tertiary/aromatic N) is 5. The van der Waals surface area contributed by atoms with E-state index in [0.717, 1.165) is 51.2 Å². The van der Waals surface area contributed by atoms with Crippen molar-refractivity contribution >= 4 is 27.8 Å². The summed E-state index contributed by atoms with van der Waals surface area (Å²) in [5.41, 5.74) is 13.0. The molecule has 0 radical (unpaired) electrons. The number of nitrogens with two attached hydrogens (primary N) is 1. The van der Waals surface area contributed by atoms with Crippen molar-refractivity contribution in [3.63, 3.8) is 0 Å². The predicted molar refractivity (Wildman–Crippen MR) is 138 cm³/mol. The van der Waals surface area contributed by atoms with Gasteiger partial charge in [-0.05, 0) is 54.8 Å². The highest BCUT2D eigenvalue weighted by molar-refractivity contribution is 6.00. The van der Waals surface area contributed by atoms with E-state index >= 15 is 0 Å². The van der Waals surface area contributed by atoms with Crippen molar-refractivity contribution in [3.05, 3.63) is 83.7 Å². The molecule has 3 aromatic heterocycles. The molecular formula is C28H28N6O. The fourth-order valence-corrected chi connectivity index (χ4v) is 5.21. The summed E-state index contributed by atoms with van der Waals surface area (Å²) in [6.07, 6.45) is 4.52. The predicted octanol–water partition coefficient (Wildman–Crippen LogP) is 3.98. The van der Waals surface area contributed by atoms with Crippen LogP contribution in [0.4, 0.5) is 0 Å². The Balaban J connectivity index is 1.49. The van der Waals surface area contributed by atoms with Crippen LogP contribution in [0.5, 0.6) is 0 Å². The molecule has 0 aliphatic carbocycles. The van der Waals surface area contributed by atoms with Gasteiger partial charge < -0.3 is 19.8 Å². The molecule has 2 aromatic carbocycles. The Bertz CT molecular complexity index is 1560. The second-order valence-corrected chi connectivity index (χ2v) is 9.51. The van der Waals surface area contributed by atoms with Crippen LogP contribution in [0.1, 0.15) is 28.4 Å². The lowest BCUT2D eigenvalue weighted by Crippen LogP contribution is -2.43. The van der Waals surface area contributed by atoms with Gasteiger partial charge in [0.25, 0.3) is 5.91 Å². The van der Waals surface area contributed by atoms with Gasteiger partial charge >= 0.3 is 0 Å². The number of imidazole rings is 1. The third-order valence-electron chi connectivity index (χ3n) is 6.89. The van der Waals surface area contributed by atoms with Crippen LogP contribution >= 0.6 is 0 Å². The first-order valence-electron chi connectivity index (χ1n) is 12.0. The van der Waals surface area contributed by atoms with E-state index in [-0.39, 0.29) is 11.9 Å². The van der Waals surface area contributed by atoms with Crippen molar-refractivity contribution in [2.75, 3.05) is 13.1 Å². The van der Waals surface area contributed by atoms with Crippen molar-refractivity contribution in [3.8, 4) is 11.5 Å². The maximum Gasteiger partial charge on any atom is 0.254 e. The largest absolute Gasteiger partial charge is 0.337 e. The molecule has 35 heavy (non-hydrogen) atoms. The Kier molecular flexibility index (Phi) is 5.15. The highest BCUT2D eigenvalue weighted by atomic mass is 16.2. The van der Waals surface area contributed by atoms with Gasteiger partial charge in [0.1, 0.15) is 0 Å². The molecule has 7 heteroatoms. The Morgan fingerprint density at radius 1 is 1.09 bits per heavy atom. The summed E-state index contributed by atoms with van der Waals surface area (Å²) in [7, 11) is 2.05. The van der Waals surface area contributed by atoms with E-state index in [2.05, 4.69) is 63.6 Å². The summed E-state index contributed by atoms with van der Waals surface area (Å²) in [6, 6.07) is 18.7. The van der Waals surface area contributed by atoms with Gasteiger partial charge in [-0.1, -0.05) is 24.3 Å². The number of hydrogen-bond acceptors (Lipinski definition) is 4. The van der Waals surface area contributed by atoms with E-state index in [1.807, 2.05) is 30.2 Å². The zero-order valence-electron chi connectivity index (χ0n) is 20.0. The molecule has 0 unspecified atom stereocenters. The van der Waals surface area contributed by atoms with Gasteiger partial charge in [-0.3, -0.25) is 9.78 Å². The average Bonchev–Trinajstić information content (AvgIpc) is 3.38. The first-order chi connectivity index (χ1) is 17.0. The van der Waals surface area contributed by atoms with Crippen LogP contribution in [0, 0.1) is 0 Å². The van der Waals surface area contributed by atoms with Crippen LogP contribution in [0.25, 0.3) is 33.5 Å². The molecule has 0 saturated heterocycles. The Morgan fingerprint density at radius 3 is 2.74 bits per heavy atom. The average molecular weight is 465 g/mol. The van der Waals surface area contributed by atoms with Crippen molar-refractivity contribution < 1.29 is 4.79 Å². The van der Waals surface area contributed by atoms with E-state index in [9.17, 15) is 4.79 Å². The van der Waals surface area contributed by atoms with Crippen molar-refractivity contribution in [1.29, 1.82) is 0 Å². The van der Waals surface area contributed by atoms with Crippen LogP contribution in [-0.2, 0) is 20.0 Å². The van der Waals surface area contributed by atoms with Gasteiger partial charge in [-0.25, -0.2) is 4.98 Å². The standard InChI is InChI=1S/C28H28N6O/c1-18(29)16-33-11-9-20-12-25-23(14-22(20)28(33)35)31-27(32(25)2)26-13-21-7-3-4-8-24(21)34(26)17-19-6-5-10-30-15-19/h3-8,10,12-15,18H,9,11,16-17,29H2,1-2H3/t18-/m1/s1. The number of hydrogen-bond donors (Lipinski definition) is 1. The number of benzene rings is 2. The minimum absolute atomic E-state index is 0.0448. The monoisotopic (exact) mass is 464 g/mol. The van der Waals surface area contributed by atoms with Crippen molar-refractivity contribution in [1.82, 2.24) is 24.0 Å². The second kappa shape index (κ2) is 8.36. The highest BCUT2D eigenvalue weighted by Gasteiger charge is 2.27. The van der Waals surface area contributed by atoms with E-state index in [4.69, 9.17) is 10.7 Å². The fraction of sp³-hybridized carbons (Fsp3) is 0.250. The number of fused-ring (bicyclic) bond motifs is 3. The second-order valence-electron chi connectivity index (χ2n) is 9.51. The van der Waals surface area contributed by atoms with E-state index < -0.39 is 0 Å². The SMILES string of the molecule is C[C@@H](N)CN1CCc2cc3c(cc2C1=O)nc(-c1cc2ccccc2n1Cc1cccnc1)n3C. The highest BCUT2D eigenvalue weighted by Crippen LogP contribution is 2.32. The molecule has 0 bridgehead atoms. The van der Waals surface area contributed by atoms with E-state index in [1.54, 1.807) is 6.20 Å². The van der Waals surface area contributed by atoms with Crippen molar-refractivity contribution in [2.45, 2.75) is 25.9 Å². The van der Waals surface area contributed by atoms with Crippen LogP contribution in [-0.4, -0.2) is 49.0 Å². The van der Waals surface area contributed by atoms with Crippen LogP contribution in [0.15, 0.2) is 67.0 Å². The Hall–Kier alpha value is -3.97. The maximum absolute atomic E-state index is 13.2. The Morgan fingerprint density at radius 2 is 1.94 bits per heavy atom. The first kappa shape index (κ1) is 21.6. The molecule has 7 nitrogen and oxygen atoms in total. The van der Waals surface area contributed by atoms with E-state index in [0.29, 0.717) is 19.6 Å². The summed E-state index contributed by atoms with van der Waals surface area (Å²) in [4.78, 5) is 24.4. The maximum atomic E-state index is 13.2. The lowest BCUT2D eigenvalue weighted by atomic mass is 9.97. The summed E-state index contributed by atoms with van der Waals surface area (Å²) in [5, 5.41) is 1.17. The quantitative estimate of drug-likeness (QED) is 0.427. The smallest absolute Gasteiger partial charge is 0.254 e. The van der Waals surface area contributed by atoms with Crippen LogP contribution in [0.2, 0.25) is 0 Å². The molecule has 1 atom stereocenters. The molecule has 2 N–H and O–H groups in total. The number of carbonyl (C=O) groups excluding carboxylic acids is 1. The molecule has 176 valence electrons. The number of para-hydroxylation sites is 1.